The van der Waals surface area contributed by atoms with Crippen molar-refractivity contribution in [1.82, 2.24) is 10.6 Å². The van der Waals surface area contributed by atoms with Gasteiger partial charge in [0.2, 0.25) is 11.1 Å². The molecule has 2 unspecified atom stereocenters. The van der Waals surface area contributed by atoms with E-state index < -0.39 is 11.1 Å². The summed E-state index contributed by atoms with van der Waals surface area (Å²) in [6.45, 7) is 7.10. The minimum atomic E-state index is -0.978. The Morgan fingerprint density at radius 3 is 1.59 bits per heavy atom. The van der Waals surface area contributed by atoms with Crippen LogP contribution in [0.15, 0.2) is 0 Å². The summed E-state index contributed by atoms with van der Waals surface area (Å²) in [4.78, 5) is 21.3. The highest BCUT2D eigenvalue weighted by Crippen LogP contribution is 2.20. The minimum Gasteiger partial charge on any atom is -0.307 e. The summed E-state index contributed by atoms with van der Waals surface area (Å²) in [5, 5.41) is 28.4. The molecule has 1 saturated carbocycles. The van der Waals surface area contributed by atoms with Gasteiger partial charge in [-0.1, -0.05) is 6.42 Å². The Labute approximate surface area is 131 Å². The van der Waals surface area contributed by atoms with Gasteiger partial charge in [-0.15, -0.1) is 0 Å². The highest BCUT2D eigenvalue weighted by molar-refractivity contribution is 4.85. The molecule has 2 atom stereocenters. The van der Waals surface area contributed by atoms with E-state index in [1.807, 2.05) is 0 Å². The first kappa shape index (κ1) is 18.8. The fraction of sp³-hybridized carbons (Fsp3) is 1.00. The van der Waals surface area contributed by atoms with E-state index in [4.69, 9.17) is 0 Å². The Kier molecular flexibility index (Phi) is 6.25. The molecule has 0 heterocycles. The lowest BCUT2D eigenvalue weighted by Crippen LogP contribution is -2.51. The number of nitro groups is 2. The molecule has 0 saturated heterocycles. The molecule has 8 heteroatoms. The van der Waals surface area contributed by atoms with Gasteiger partial charge in [0.25, 0.3) is 0 Å². The molecule has 1 fully saturated rings. The summed E-state index contributed by atoms with van der Waals surface area (Å²) in [5.74, 6) is 0. The van der Waals surface area contributed by atoms with Crippen LogP contribution in [0.1, 0.15) is 53.4 Å². The second kappa shape index (κ2) is 7.32. The fourth-order valence-corrected chi connectivity index (χ4v) is 2.48. The third kappa shape index (κ3) is 5.49. The first-order chi connectivity index (χ1) is 10.0. The predicted molar refractivity (Wildman–Crippen MR) is 84.2 cm³/mol. The average Bonchev–Trinajstić information content (AvgIpc) is 2.43. The van der Waals surface area contributed by atoms with Gasteiger partial charge in [-0.3, -0.25) is 20.2 Å². The maximum atomic E-state index is 10.9. The molecule has 0 aliphatic heterocycles. The molecule has 128 valence electrons. The number of hydrogen-bond acceptors (Lipinski definition) is 6. The fourth-order valence-electron chi connectivity index (χ4n) is 2.48. The molecular weight excluding hydrogens is 288 g/mol. The van der Waals surface area contributed by atoms with Crippen LogP contribution in [-0.2, 0) is 0 Å². The first-order valence-corrected chi connectivity index (χ1v) is 7.80. The molecule has 22 heavy (non-hydrogen) atoms. The van der Waals surface area contributed by atoms with Gasteiger partial charge >= 0.3 is 0 Å². The molecule has 0 amide bonds. The number of nitrogens with one attached hydrogen (secondary N) is 2. The summed E-state index contributed by atoms with van der Waals surface area (Å²) in [6.07, 6.45) is 3.85. The van der Waals surface area contributed by atoms with E-state index in [1.54, 1.807) is 27.7 Å². The Balaban J connectivity index is 2.42. The van der Waals surface area contributed by atoms with Gasteiger partial charge in [0.1, 0.15) is 0 Å². The largest absolute Gasteiger partial charge is 0.307 e. The van der Waals surface area contributed by atoms with Crippen LogP contribution in [-0.4, -0.2) is 46.1 Å². The van der Waals surface area contributed by atoms with Crippen molar-refractivity contribution in [1.29, 1.82) is 0 Å². The second-order valence-corrected chi connectivity index (χ2v) is 7.46. The molecule has 0 spiro atoms. The van der Waals surface area contributed by atoms with Crippen molar-refractivity contribution in [3.63, 3.8) is 0 Å². The number of hydrogen-bond donors (Lipinski definition) is 2. The Bertz CT molecular complexity index is 376. The summed E-state index contributed by atoms with van der Waals surface area (Å²) >= 11 is 0. The van der Waals surface area contributed by atoms with Crippen LogP contribution in [0.5, 0.6) is 0 Å². The Hall–Kier alpha value is -1.28. The molecule has 0 aromatic carbocycles. The van der Waals surface area contributed by atoms with Gasteiger partial charge in [-0.2, -0.15) is 0 Å². The second-order valence-electron chi connectivity index (χ2n) is 7.46. The Morgan fingerprint density at radius 2 is 1.27 bits per heavy atom. The molecule has 1 rings (SSSR count). The molecule has 0 radical (unpaired) electrons. The third-order valence-electron chi connectivity index (χ3n) is 4.31. The normalized spacial score (nSPS) is 23.3. The van der Waals surface area contributed by atoms with Crippen molar-refractivity contribution in [2.75, 3.05) is 13.1 Å². The zero-order valence-electron chi connectivity index (χ0n) is 13.9. The van der Waals surface area contributed by atoms with Gasteiger partial charge in [0, 0.05) is 49.6 Å². The zero-order chi connectivity index (χ0) is 17.0. The number of nitrogens with zero attached hydrogens (tertiary/aromatic N) is 2. The van der Waals surface area contributed by atoms with Gasteiger partial charge in [0.05, 0.1) is 13.1 Å². The lowest BCUT2D eigenvalue weighted by molar-refractivity contribution is -0.558. The van der Waals surface area contributed by atoms with Crippen LogP contribution < -0.4 is 10.6 Å². The standard InChI is InChI=1S/C14H28N4O4/c1-13(2,17(19)20)9-15-11-6-5-7-12(8-11)16-10-14(3,4)18(21)22/h11-12,15-16H,5-10H2,1-4H3. The summed E-state index contributed by atoms with van der Waals surface area (Å²) in [5.41, 5.74) is -1.96. The predicted octanol–water partition coefficient (Wildman–Crippen LogP) is 1.59. The van der Waals surface area contributed by atoms with Gasteiger partial charge in [-0.25, -0.2) is 0 Å². The molecular formula is C14H28N4O4. The SMILES string of the molecule is CC(C)(CNC1CCCC(NCC(C)(C)[N+](=O)[O-])C1)[N+](=O)[O-]. The third-order valence-corrected chi connectivity index (χ3v) is 4.31. The summed E-state index contributed by atoms with van der Waals surface area (Å²) < 4.78 is 0. The van der Waals surface area contributed by atoms with E-state index in [0.29, 0.717) is 13.1 Å². The van der Waals surface area contributed by atoms with E-state index in [2.05, 4.69) is 10.6 Å². The molecule has 1 aliphatic rings. The maximum Gasteiger partial charge on any atom is 0.229 e. The van der Waals surface area contributed by atoms with Crippen molar-refractivity contribution < 1.29 is 9.85 Å². The van der Waals surface area contributed by atoms with Crippen LogP contribution in [0, 0.1) is 20.2 Å². The van der Waals surface area contributed by atoms with E-state index in [0.717, 1.165) is 25.7 Å². The van der Waals surface area contributed by atoms with Gasteiger partial charge < -0.3 is 10.6 Å². The maximum absolute atomic E-state index is 10.9. The van der Waals surface area contributed by atoms with Crippen molar-refractivity contribution in [2.45, 2.75) is 76.5 Å². The molecule has 0 aromatic rings. The number of rotatable bonds is 8. The van der Waals surface area contributed by atoms with Crippen LogP contribution in [0.2, 0.25) is 0 Å². The average molecular weight is 316 g/mol. The van der Waals surface area contributed by atoms with Crippen LogP contribution >= 0.6 is 0 Å². The quantitative estimate of drug-likeness (QED) is 0.519. The first-order valence-electron chi connectivity index (χ1n) is 7.80. The zero-order valence-corrected chi connectivity index (χ0v) is 13.9. The molecule has 0 aromatic heterocycles. The van der Waals surface area contributed by atoms with Crippen LogP contribution in [0.4, 0.5) is 0 Å². The molecule has 8 nitrogen and oxygen atoms in total. The van der Waals surface area contributed by atoms with E-state index in [9.17, 15) is 20.2 Å². The van der Waals surface area contributed by atoms with Crippen molar-refractivity contribution in [3.8, 4) is 0 Å². The van der Waals surface area contributed by atoms with Crippen molar-refractivity contribution in [2.24, 2.45) is 0 Å². The summed E-state index contributed by atoms with van der Waals surface area (Å²) in [7, 11) is 0. The lowest BCUT2D eigenvalue weighted by Gasteiger charge is -2.32. The van der Waals surface area contributed by atoms with Gasteiger partial charge in [-0.05, 0) is 19.3 Å². The summed E-state index contributed by atoms with van der Waals surface area (Å²) in [6, 6.07) is 0.452. The van der Waals surface area contributed by atoms with Crippen LogP contribution in [0.3, 0.4) is 0 Å². The van der Waals surface area contributed by atoms with Crippen LogP contribution in [0.25, 0.3) is 0 Å². The van der Waals surface area contributed by atoms with Gasteiger partial charge in [0.15, 0.2) is 0 Å². The highest BCUT2D eigenvalue weighted by atomic mass is 16.6. The molecule has 1 aliphatic carbocycles. The van der Waals surface area contributed by atoms with E-state index in [-0.39, 0.29) is 21.9 Å². The van der Waals surface area contributed by atoms with E-state index in [1.165, 1.54) is 0 Å². The van der Waals surface area contributed by atoms with Crippen molar-refractivity contribution in [3.05, 3.63) is 20.2 Å². The lowest BCUT2D eigenvalue weighted by atomic mass is 9.90. The molecule has 2 N–H and O–H groups in total. The minimum absolute atomic E-state index is 0.226. The topological polar surface area (TPSA) is 110 Å². The highest BCUT2D eigenvalue weighted by Gasteiger charge is 2.34. The smallest absolute Gasteiger partial charge is 0.229 e. The van der Waals surface area contributed by atoms with Crippen molar-refractivity contribution >= 4 is 0 Å². The monoisotopic (exact) mass is 316 g/mol. The molecule has 0 bridgehead atoms. The van der Waals surface area contributed by atoms with E-state index >= 15 is 0 Å². The Morgan fingerprint density at radius 1 is 0.909 bits per heavy atom.